The van der Waals surface area contributed by atoms with Crippen LogP contribution in [-0.2, 0) is 16.1 Å². The first-order chi connectivity index (χ1) is 9.17. The van der Waals surface area contributed by atoms with Crippen LogP contribution in [0.25, 0.3) is 0 Å². The summed E-state index contributed by atoms with van der Waals surface area (Å²) in [6.07, 6.45) is 3.63. The Morgan fingerprint density at radius 1 is 1.47 bits per heavy atom. The number of nitrogens with one attached hydrogen (secondary N) is 1. The highest BCUT2D eigenvalue weighted by Gasteiger charge is 2.40. The first-order valence-electron chi connectivity index (χ1n) is 6.65. The lowest BCUT2D eigenvalue weighted by atomic mass is 10.1. The molecule has 0 radical (unpaired) electrons. The lowest BCUT2D eigenvalue weighted by Crippen LogP contribution is -2.43. The van der Waals surface area contributed by atoms with Gasteiger partial charge < -0.3 is 0 Å². The van der Waals surface area contributed by atoms with Crippen LogP contribution in [0.5, 0.6) is 0 Å². The standard InChI is InChI=1S/C13H19N3O2S/c1-3-9(4-2)16-12(17)7-10(13(16)18)15-8-11-14-5-6-19-11/h5-6,9-10,15H,3-4,7-8H2,1-2H3. The summed E-state index contributed by atoms with van der Waals surface area (Å²) in [4.78, 5) is 29.8. The minimum atomic E-state index is -0.392. The zero-order chi connectivity index (χ0) is 13.8. The number of imide groups is 1. The summed E-state index contributed by atoms with van der Waals surface area (Å²) in [6.45, 7) is 4.55. The molecule has 2 heterocycles. The fourth-order valence-corrected chi connectivity index (χ4v) is 2.97. The smallest absolute Gasteiger partial charge is 0.247 e. The van der Waals surface area contributed by atoms with Crippen molar-refractivity contribution in [3.05, 3.63) is 16.6 Å². The quantitative estimate of drug-likeness (QED) is 0.804. The van der Waals surface area contributed by atoms with Gasteiger partial charge >= 0.3 is 0 Å². The molecular weight excluding hydrogens is 262 g/mol. The van der Waals surface area contributed by atoms with Gasteiger partial charge in [-0.1, -0.05) is 13.8 Å². The highest BCUT2D eigenvalue weighted by Crippen LogP contribution is 2.20. The molecule has 0 bridgehead atoms. The number of hydrogen-bond donors (Lipinski definition) is 1. The summed E-state index contributed by atoms with van der Waals surface area (Å²) in [5, 5.41) is 5.96. The van der Waals surface area contributed by atoms with E-state index in [2.05, 4.69) is 10.3 Å². The lowest BCUT2D eigenvalue weighted by molar-refractivity contribution is -0.141. The zero-order valence-corrected chi connectivity index (χ0v) is 12.1. The SMILES string of the molecule is CCC(CC)N1C(=O)CC(NCc2nccs2)C1=O. The Hall–Kier alpha value is -1.27. The molecule has 104 valence electrons. The highest BCUT2D eigenvalue weighted by molar-refractivity contribution is 7.09. The van der Waals surface area contributed by atoms with Gasteiger partial charge in [-0.2, -0.15) is 0 Å². The van der Waals surface area contributed by atoms with E-state index in [1.807, 2.05) is 19.2 Å². The van der Waals surface area contributed by atoms with Crippen molar-refractivity contribution in [3.8, 4) is 0 Å². The maximum Gasteiger partial charge on any atom is 0.247 e. The summed E-state index contributed by atoms with van der Waals surface area (Å²) >= 11 is 1.54. The number of carbonyl (C=O) groups excluding carboxylic acids is 2. The van der Waals surface area contributed by atoms with Gasteiger partial charge in [0, 0.05) is 24.2 Å². The molecule has 5 nitrogen and oxygen atoms in total. The molecular formula is C13H19N3O2S. The van der Waals surface area contributed by atoms with Crippen LogP contribution in [0.15, 0.2) is 11.6 Å². The van der Waals surface area contributed by atoms with Gasteiger partial charge in [0.25, 0.3) is 0 Å². The Morgan fingerprint density at radius 2 is 2.21 bits per heavy atom. The van der Waals surface area contributed by atoms with Crippen LogP contribution in [0.1, 0.15) is 38.1 Å². The van der Waals surface area contributed by atoms with Crippen molar-refractivity contribution in [1.82, 2.24) is 15.2 Å². The van der Waals surface area contributed by atoms with Crippen LogP contribution < -0.4 is 5.32 Å². The maximum absolute atomic E-state index is 12.3. The van der Waals surface area contributed by atoms with Crippen LogP contribution in [0.4, 0.5) is 0 Å². The average Bonchev–Trinajstić information content (AvgIpc) is 3.00. The number of likely N-dealkylation sites (tertiary alicyclic amines) is 1. The van der Waals surface area contributed by atoms with E-state index in [1.54, 1.807) is 17.5 Å². The number of carbonyl (C=O) groups is 2. The molecule has 1 N–H and O–H groups in total. The molecule has 2 amide bonds. The van der Waals surface area contributed by atoms with Crippen LogP contribution in [0, 0.1) is 0 Å². The molecule has 1 aromatic rings. The van der Waals surface area contributed by atoms with E-state index in [9.17, 15) is 9.59 Å². The van der Waals surface area contributed by atoms with Gasteiger partial charge in [-0.15, -0.1) is 11.3 Å². The zero-order valence-electron chi connectivity index (χ0n) is 11.3. The molecule has 1 aromatic heterocycles. The van der Waals surface area contributed by atoms with Crippen LogP contribution in [0.2, 0.25) is 0 Å². The van der Waals surface area contributed by atoms with Gasteiger partial charge in [0.05, 0.1) is 12.5 Å². The van der Waals surface area contributed by atoms with Crippen molar-refractivity contribution in [2.75, 3.05) is 0 Å². The Kier molecular flexibility index (Phi) is 4.66. The van der Waals surface area contributed by atoms with Crippen molar-refractivity contribution in [3.63, 3.8) is 0 Å². The Bertz CT molecular complexity index is 443. The minimum absolute atomic E-state index is 0.0339. The Labute approximate surface area is 117 Å². The molecule has 0 aromatic carbocycles. The van der Waals surface area contributed by atoms with Gasteiger partial charge in [-0.05, 0) is 12.8 Å². The third-order valence-electron chi connectivity index (χ3n) is 3.47. The monoisotopic (exact) mass is 281 g/mol. The number of aromatic nitrogens is 1. The van der Waals surface area contributed by atoms with E-state index in [4.69, 9.17) is 0 Å². The second-order valence-electron chi connectivity index (χ2n) is 4.64. The average molecular weight is 281 g/mol. The molecule has 1 fully saturated rings. The third-order valence-corrected chi connectivity index (χ3v) is 4.25. The summed E-state index contributed by atoms with van der Waals surface area (Å²) in [7, 11) is 0. The molecule has 1 unspecified atom stereocenters. The normalized spacial score (nSPS) is 19.7. The van der Waals surface area contributed by atoms with Crippen molar-refractivity contribution < 1.29 is 9.59 Å². The second kappa shape index (κ2) is 6.25. The van der Waals surface area contributed by atoms with Crippen molar-refractivity contribution in [1.29, 1.82) is 0 Å². The highest BCUT2D eigenvalue weighted by atomic mass is 32.1. The van der Waals surface area contributed by atoms with E-state index in [1.165, 1.54) is 4.90 Å². The third kappa shape index (κ3) is 3.01. The second-order valence-corrected chi connectivity index (χ2v) is 5.61. The van der Waals surface area contributed by atoms with Crippen LogP contribution in [0.3, 0.4) is 0 Å². The van der Waals surface area contributed by atoms with Gasteiger partial charge in [0.2, 0.25) is 11.8 Å². The summed E-state index contributed by atoms with van der Waals surface area (Å²) in [5.41, 5.74) is 0. The first kappa shape index (κ1) is 14.1. The Morgan fingerprint density at radius 3 is 2.79 bits per heavy atom. The minimum Gasteiger partial charge on any atom is -0.299 e. The van der Waals surface area contributed by atoms with Crippen LogP contribution >= 0.6 is 11.3 Å². The Balaban J connectivity index is 1.97. The van der Waals surface area contributed by atoms with Gasteiger partial charge in [0.1, 0.15) is 5.01 Å². The summed E-state index contributed by atoms with van der Waals surface area (Å²) in [6, 6.07) is -0.358. The molecule has 2 rings (SSSR count). The molecule has 1 aliphatic heterocycles. The molecule has 0 saturated carbocycles. The van der Waals surface area contributed by atoms with E-state index < -0.39 is 6.04 Å². The van der Waals surface area contributed by atoms with E-state index in [0.717, 1.165) is 17.8 Å². The van der Waals surface area contributed by atoms with Gasteiger partial charge in [0.15, 0.2) is 0 Å². The maximum atomic E-state index is 12.3. The number of thiazole rings is 1. The molecule has 0 aliphatic carbocycles. The molecule has 1 aliphatic rings. The predicted molar refractivity (Wildman–Crippen MR) is 73.6 cm³/mol. The summed E-state index contributed by atoms with van der Waals surface area (Å²) < 4.78 is 0. The van der Waals surface area contributed by atoms with E-state index >= 15 is 0 Å². The molecule has 19 heavy (non-hydrogen) atoms. The molecule has 6 heteroatoms. The topological polar surface area (TPSA) is 62.3 Å². The van der Waals surface area contributed by atoms with Crippen molar-refractivity contribution in [2.24, 2.45) is 0 Å². The van der Waals surface area contributed by atoms with Crippen molar-refractivity contribution >= 4 is 23.2 Å². The molecule has 1 atom stereocenters. The van der Waals surface area contributed by atoms with Gasteiger partial charge in [-0.25, -0.2) is 4.98 Å². The fourth-order valence-electron chi connectivity index (χ4n) is 2.40. The lowest BCUT2D eigenvalue weighted by Gasteiger charge is -2.24. The molecule has 1 saturated heterocycles. The molecule has 0 spiro atoms. The van der Waals surface area contributed by atoms with E-state index in [0.29, 0.717) is 6.54 Å². The largest absolute Gasteiger partial charge is 0.299 e. The predicted octanol–water partition coefficient (Wildman–Crippen LogP) is 1.55. The number of hydrogen-bond acceptors (Lipinski definition) is 5. The summed E-state index contributed by atoms with van der Waals surface area (Å²) in [5.74, 6) is -0.148. The van der Waals surface area contributed by atoms with Crippen molar-refractivity contribution in [2.45, 2.75) is 51.7 Å². The number of amides is 2. The number of nitrogens with zero attached hydrogens (tertiary/aromatic N) is 2. The van der Waals surface area contributed by atoms with Gasteiger partial charge in [-0.3, -0.25) is 19.8 Å². The fraction of sp³-hybridized carbons (Fsp3) is 0.615. The van der Waals surface area contributed by atoms with E-state index in [-0.39, 0.29) is 24.3 Å². The first-order valence-corrected chi connectivity index (χ1v) is 7.53. The number of rotatable bonds is 6. The van der Waals surface area contributed by atoms with Crippen LogP contribution in [-0.4, -0.2) is 33.8 Å².